The molecule has 1 aromatic carbocycles. The molecule has 0 aliphatic heterocycles. The highest BCUT2D eigenvalue weighted by molar-refractivity contribution is 14.1. The Kier molecular flexibility index (Phi) is 4.66. The van der Waals surface area contributed by atoms with E-state index in [9.17, 15) is 0 Å². The second-order valence-corrected chi connectivity index (χ2v) is 5.57. The average molecular weight is 397 g/mol. The van der Waals surface area contributed by atoms with Crippen LogP contribution in [0.15, 0.2) is 73.1 Å². The van der Waals surface area contributed by atoms with Gasteiger partial charge in [-0.3, -0.25) is 0 Å². The maximum Gasteiger partial charge on any atom is 0.171 e. The summed E-state index contributed by atoms with van der Waals surface area (Å²) >= 11 is 2.19. The molecule has 0 saturated heterocycles. The highest BCUT2D eigenvalue weighted by Gasteiger charge is 2.02. The minimum Gasteiger partial charge on any atom is -0.221 e. The van der Waals surface area contributed by atoms with Crippen molar-refractivity contribution in [3.63, 3.8) is 0 Å². The van der Waals surface area contributed by atoms with Gasteiger partial charge in [-0.25, -0.2) is 9.50 Å². The Hall–Kier alpha value is -2.39. The van der Waals surface area contributed by atoms with E-state index in [0.717, 1.165) is 20.5 Å². The average Bonchev–Trinajstić information content (AvgIpc) is 2.93. The van der Waals surface area contributed by atoms with Crippen molar-refractivity contribution in [2.45, 2.75) is 0 Å². The minimum absolute atomic E-state index is 0.780. The largest absolute Gasteiger partial charge is 0.221 e. The molecule has 0 amide bonds. The van der Waals surface area contributed by atoms with Gasteiger partial charge in [0.25, 0.3) is 0 Å². The molecule has 0 spiro atoms. The fraction of sp³-hybridized carbons (Fsp3) is 0. The van der Waals surface area contributed by atoms with Gasteiger partial charge in [0.2, 0.25) is 0 Å². The molecule has 2 heterocycles. The third-order valence-electron chi connectivity index (χ3n) is 2.89. The molecule has 0 aliphatic rings. The van der Waals surface area contributed by atoms with E-state index in [1.165, 1.54) is 0 Å². The normalized spacial score (nSPS) is 9.68. The molecule has 0 saturated carbocycles. The number of rotatable bonds is 0. The Morgan fingerprint density at radius 2 is 1.55 bits per heavy atom. The van der Waals surface area contributed by atoms with Crippen molar-refractivity contribution in [2.24, 2.45) is 0 Å². The summed E-state index contributed by atoms with van der Waals surface area (Å²) in [4.78, 5) is 4.47. The smallest absolute Gasteiger partial charge is 0.171 e. The van der Waals surface area contributed by atoms with E-state index in [1.807, 2.05) is 66.9 Å². The van der Waals surface area contributed by atoms with Gasteiger partial charge in [0.05, 0.1) is 11.8 Å². The van der Waals surface area contributed by atoms with Crippen LogP contribution in [0, 0.1) is 15.5 Å². The third-order valence-corrected chi connectivity index (χ3v) is 3.50. The SMILES string of the molecule is Ic1ccn2ncc(C#Cc3ccccccccc3)c2n1. The predicted octanol–water partition coefficient (Wildman–Crippen LogP) is 3.86. The first-order valence-electron chi connectivity index (χ1n) is 6.73. The van der Waals surface area contributed by atoms with Gasteiger partial charge in [0.1, 0.15) is 3.70 Å². The van der Waals surface area contributed by atoms with Crippen molar-refractivity contribution >= 4 is 28.2 Å². The molecule has 3 aromatic rings. The summed E-state index contributed by atoms with van der Waals surface area (Å²) in [6.07, 6.45) is 3.63. The second kappa shape index (κ2) is 7.05. The van der Waals surface area contributed by atoms with Crippen LogP contribution in [0.5, 0.6) is 0 Å². The standard InChI is InChI=1S/C18H12IN3/c19-17-12-13-22-18(21-17)16(14-20-22)11-10-15-8-6-4-2-1-3-5-7-9-15/h1-9,12-14H. The predicted molar refractivity (Wildman–Crippen MR) is 95.8 cm³/mol. The summed E-state index contributed by atoms with van der Waals surface area (Å²) in [7, 11) is 0. The van der Waals surface area contributed by atoms with Crippen LogP contribution in [0.1, 0.15) is 11.1 Å². The molecule has 0 aliphatic carbocycles. The lowest BCUT2D eigenvalue weighted by Gasteiger charge is -1.92. The first-order valence-corrected chi connectivity index (χ1v) is 7.81. The van der Waals surface area contributed by atoms with Gasteiger partial charge >= 0.3 is 0 Å². The monoisotopic (exact) mass is 397 g/mol. The van der Waals surface area contributed by atoms with E-state index in [1.54, 1.807) is 10.7 Å². The summed E-state index contributed by atoms with van der Waals surface area (Å²) in [6.45, 7) is 0. The topological polar surface area (TPSA) is 30.2 Å². The zero-order chi connectivity index (χ0) is 15.2. The molecule has 3 rings (SSSR count). The van der Waals surface area contributed by atoms with E-state index < -0.39 is 0 Å². The van der Waals surface area contributed by atoms with Crippen LogP contribution in [-0.4, -0.2) is 14.6 Å². The minimum atomic E-state index is 0.780. The van der Waals surface area contributed by atoms with E-state index >= 15 is 0 Å². The van der Waals surface area contributed by atoms with Crippen LogP contribution in [0.2, 0.25) is 0 Å². The molecule has 0 atom stereocenters. The van der Waals surface area contributed by atoms with Crippen LogP contribution >= 0.6 is 22.6 Å². The van der Waals surface area contributed by atoms with Crippen molar-refractivity contribution in [3.8, 4) is 11.8 Å². The van der Waals surface area contributed by atoms with Crippen molar-refractivity contribution in [3.05, 3.63) is 87.9 Å². The molecule has 106 valence electrons. The summed E-state index contributed by atoms with van der Waals surface area (Å²) < 4.78 is 2.66. The van der Waals surface area contributed by atoms with Gasteiger partial charge in [-0.2, -0.15) is 5.10 Å². The Morgan fingerprint density at radius 1 is 0.864 bits per heavy atom. The summed E-state index contributed by atoms with van der Waals surface area (Å²) in [6, 6.07) is 19.7. The lowest BCUT2D eigenvalue weighted by Crippen LogP contribution is -1.91. The lowest BCUT2D eigenvalue weighted by atomic mass is 10.2. The van der Waals surface area contributed by atoms with Crippen LogP contribution in [0.4, 0.5) is 0 Å². The lowest BCUT2D eigenvalue weighted by molar-refractivity contribution is 0.934. The van der Waals surface area contributed by atoms with E-state index in [-0.39, 0.29) is 0 Å². The fourth-order valence-corrected chi connectivity index (χ4v) is 2.24. The van der Waals surface area contributed by atoms with Crippen LogP contribution in [0.3, 0.4) is 0 Å². The van der Waals surface area contributed by atoms with Crippen molar-refractivity contribution in [1.82, 2.24) is 14.6 Å². The zero-order valence-corrected chi connectivity index (χ0v) is 13.8. The van der Waals surface area contributed by atoms with Gasteiger partial charge in [-0.05, 0) is 40.8 Å². The molecule has 0 radical (unpaired) electrons. The molecular formula is C18H12IN3. The second-order valence-electron chi connectivity index (χ2n) is 4.46. The van der Waals surface area contributed by atoms with Gasteiger partial charge < -0.3 is 0 Å². The molecule has 22 heavy (non-hydrogen) atoms. The van der Waals surface area contributed by atoms with Crippen molar-refractivity contribution < 1.29 is 0 Å². The van der Waals surface area contributed by atoms with Crippen LogP contribution in [0.25, 0.3) is 5.65 Å². The van der Waals surface area contributed by atoms with E-state index in [2.05, 4.69) is 44.5 Å². The Balaban J connectivity index is 2.03. The number of aromatic nitrogens is 3. The molecule has 0 fully saturated rings. The zero-order valence-electron chi connectivity index (χ0n) is 11.6. The van der Waals surface area contributed by atoms with Gasteiger partial charge in [-0.1, -0.05) is 54.3 Å². The molecule has 0 unspecified atom stereocenters. The van der Waals surface area contributed by atoms with Gasteiger partial charge in [0.15, 0.2) is 5.65 Å². The highest BCUT2D eigenvalue weighted by atomic mass is 127. The molecule has 3 nitrogen and oxygen atoms in total. The first-order chi connectivity index (χ1) is 10.8. The molecular weight excluding hydrogens is 385 g/mol. The van der Waals surface area contributed by atoms with Gasteiger partial charge in [-0.15, -0.1) is 0 Å². The number of fused-ring (bicyclic) bond motifs is 1. The maximum atomic E-state index is 4.47. The maximum absolute atomic E-state index is 4.47. The number of nitrogens with zero attached hydrogens (tertiary/aromatic N) is 3. The summed E-state index contributed by atoms with van der Waals surface area (Å²) in [5.74, 6) is 6.32. The Morgan fingerprint density at radius 3 is 2.27 bits per heavy atom. The highest BCUT2D eigenvalue weighted by Crippen LogP contribution is 2.09. The first kappa shape index (κ1) is 14.5. The van der Waals surface area contributed by atoms with Crippen molar-refractivity contribution in [2.75, 3.05) is 0 Å². The fourth-order valence-electron chi connectivity index (χ4n) is 1.85. The summed E-state index contributed by atoms with van der Waals surface area (Å²) in [5.41, 5.74) is 2.53. The molecule has 2 aromatic heterocycles. The molecule has 0 N–H and O–H groups in total. The Bertz CT molecular complexity index is 893. The summed E-state index contributed by atoms with van der Waals surface area (Å²) in [5, 5.41) is 4.26. The number of hydrogen-bond donors (Lipinski definition) is 0. The quantitative estimate of drug-likeness (QED) is 0.328. The molecule has 0 bridgehead atoms. The van der Waals surface area contributed by atoms with E-state index in [4.69, 9.17) is 0 Å². The van der Waals surface area contributed by atoms with Crippen LogP contribution in [-0.2, 0) is 0 Å². The third kappa shape index (κ3) is 3.62. The number of halogens is 1. The van der Waals surface area contributed by atoms with Crippen molar-refractivity contribution in [1.29, 1.82) is 0 Å². The van der Waals surface area contributed by atoms with Gasteiger partial charge in [0, 0.05) is 11.8 Å². The Labute approximate surface area is 142 Å². The number of hydrogen-bond acceptors (Lipinski definition) is 2. The van der Waals surface area contributed by atoms with E-state index in [0.29, 0.717) is 0 Å². The molecule has 4 heteroatoms. The van der Waals surface area contributed by atoms with Crippen LogP contribution < -0.4 is 0 Å².